The minimum atomic E-state index is -0.589. The molecule has 0 aliphatic heterocycles. The first-order chi connectivity index (χ1) is 13.5. The van der Waals surface area contributed by atoms with Crippen LogP contribution in [0.2, 0.25) is 0 Å². The van der Waals surface area contributed by atoms with Crippen LogP contribution >= 0.6 is 23.1 Å². The molecule has 0 bridgehead atoms. The summed E-state index contributed by atoms with van der Waals surface area (Å²) in [6, 6.07) is 1.72. The summed E-state index contributed by atoms with van der Waals surface area (Å²) in [5.74, 6) is -0.938. The van der Waals surface area contributed by atoms with Gasteiger partial charge in [-0.25, -0.2) is 19.6 Å². The van der Waals surface area contributed by atoms with Gasteiger partial charge in [0.2, 0.25) is 5.91 Å². The first-order valence-electron chi connectivity index (χ1n) is 8.65. The van der Waals surface area contributed by atoms with Crippen molar-refractivity contribution in [1.82, 2.24) is 9.97 Å². The summed E-state index contributed by atoms with van der Waals surface area (Å²) < 4.78 is 10.1. The van der Waals surface area contributed by atoms with Gasteiger partial charge in [-0.05, 0) is 32.4 Å². The summed E-state index contributed by atoms with van der Waals surface area (Å²) in [6.07, 6.45) is 3.45. The SMILES string of the molecule is CCOC(=O)c1sc(NC(=O)CCSc2ncccn2)c(C(=O)OCC)c1C. The highest BCUT2D eigenvalue weighted by atomic mass is 32.2. The molecule has 0 fully saturated rings. The fourth-order valence-electron chi connectivity index (χ4n) is 2.23. The van der Waals surface area contributed by atoms with Crippen molar-refractivity contribution >= 4 is 45.9 Å². The molecule has 0 saturated carbocycles. The van der Waals surface area contributed by atoms with E-state index < -0.39 is 11.9 Å². The second-order valence-electron chi connectivity index (χ2n) is 5.38. The summed E-state index contributed by atoms with van der Waals surface area (Å²) in [6.45, 7) is 5.42. The van der Waals surface area contributed by atoms with Crippen LogP contribution in [0.5, 0.6) is 0 Å². The van der Waals surface area contributed by atoms with Crippen LogP contribution in [0.4, 0.5) is 5.00 Å². The quantitative estimate of drug-likeness (QED) is 0.372. The van der Waals surface area contributed by atoms with E-state index in [1.807, 2.05) is 0 Å². The van der Waals surface area contributed by atoms with Crippen molar-refractivity contribution in [1.29, 1.82) is 0 Å². The van der Waals surface area contributed by atoms with Gasteiger partial charge in [0.05, 0.1) is 18.8 Å². The topological polar surface area (TPSA) is 107 Å². The fraction of sp³-hybridized carbons (Fsp3) is 0.389. The van der Waals surface area contributed by atoms with Crippen molar-refractivity contribution in [2.45, 2.75) is 32.3 Å². The van der Waals surface area contributed by atoms with Crippen LogP contribution in [0.3, 0.4) is 0 Å². The molecule has 0 aliphatic rings. The number of nitrogens with one attached hydrogen (secondary N) is 1. The lowest BCUT2D eigenvalue weighted by molar-refractivity contribution is -0.115. The van der Waals surface area contributed by atoms with E-state index in [1.54, 1.807) is 39.2 Å². The zero-order chi connectivity index (χ0) is 20.5. The van der Waals surface area contributed by atoms with Gasteiger partial charge in [-0.2, -0.15) is 0 Å². The highest BCUT2D eigenvalue weighted by molar-refractivity contribution is 7.99. The minimum Gasteiger partial charge on any atom is -0.462 e. The van der Waals surface area contributed by atoms with E-state index in [0.717, 1.165) is 11.3 Å². The standard InChI is InChI=1S/C18H21N3O5S2/c1-4-25-16(23)13-11(3)14(17(24)26-5-2)28-15(13)21-12(22)7-10-27-18-19-8-6-9-20-18/h6,8-9H,4-5,7,10H2,1-3H3,(H,21,22). The van der Waals surface area contributed by atoms with Gasteiger partial charge in [0.1, 0.15) is 9.88 Å². The van der Waals surface area contributed by atoms with Crippen LogP contribution in [-0.4, -0.2) is 46.8 Å². The Balaban J connectivity index is 2.11. The molecule has 8 nitrogen and oxygen atoms in total. The predicted octanol–water partition coefficient (Wildman–Crippen LogP) is 3.32. The lowest BCUT2D eigenvalue weighted by Gasteiger charge is -2.07. The average Bonchev–Trinajstić information content (AvgIpc) is 2.99. The van der Waals surface area contributed by atoms with Crippen LogP contribution in [-0.2, 0) is 14.3 Å². The Morgan fingerprint density at radius 1 is 1.11 bits per heavy atom. The normalized spacial score (nSPS) is 10.4. The van der Waals surface area contributed by atoms with Crippen LogP contribution < -0.4 is 5.32 Å². The summed E-state index contributed by atoms with van der Waals surface area (Å²) in [5.41, 5.74) is 0.617. The summed E-state index contributed by atoms with van der Waals surface area (Å²) >= 11 is 2.36. The van der Waals surface area contributed by atoms with Crippen molar-refractivity contribution < 1.29 is 23.9 Å². The third-order valence-electron chi connectivity index (χ3n) is 3.44. The highest BCUT2D eigenvalue weighted by Crippen LogP contribution is 2.34. The monoisotopic (exact) mass is 423 g/mol. The Hall–Kier alpha value is -2.46. The molecule has 2 heterocycles. The third-order valence-corrected chi connectivity index (χ3v) is 5.51. The number of carbonyl (C=O) groups is 3. The number of thioether (sulfide) groups is 1. The maximum Gasteiger partial charge on any atom is 0.348 e. The smallest absolute Gasteiger partial charge is 0.348 e. The maximum absolute atomic E-state index is 12.3. The molecule has 0 atom stereocenters. The Bertz CT molecular complexity index is 839. The van der Waals surface area contributed by atoms with E-state index in [2.05, 4.69) is 15.3 Å². The predicted molar refractivity (Wildman–Crippen MR) is 107 cm³/mol. The highest BCUT2D eigenvalue weighted by Gasteiger charge is 2.27. The molecule has 1 amide bonds. The largest absolute Gasteiger partial charge is 0.462 e. The van der Waals surface area contributed by atoms with E-state index in [9.17, 15) is 14.4 Å². The van der Waals surface area contributed by atoms with Crippen molar-refractivity contribution in [3.8, 4) is 0 Å². The number of ether oxygens (including phenoxy) is 2. The molecule has 0 saturated heterocycles. The maximum atomic E-state index is 12.3. The molecule has 2 aromatic rings. The number of nitrogens with zero attached hydrogens (tertiary/aromatic N) is 2. The van der Waals surface area contributed by atoms with Gasteiger partial charge >= 0.3 is 11.9 Å². The first-order valence-corrected chi connectivity index (χ1v) is 10.4. The zero-order valence-electron chi connectivity index (χ0n) is 15.8. The summed E-state index contributed by atoms with van der Waals surface area (Å²) in [7, 11) is 0. The number of hydrogen-bond acceptors (Lipinski definition) is 9. The molecule has 0 spiro atoms. The molecule has 0 radical (unpaired) electrons. The molecule has 0 unspecified atom stereocenters. The van der Waals surface area contributed by atoms with Crippen molar-refractivity contribution in [3.63, 3.8) is 0 Å². The third kappa shape index (κ3) is 5.77. The van der Waals surface area contributed by atoms with Crippen molar-refractivity contribution in [2.24, 2.45) is 0 Å². The zero-order valence-corrected chi connectivity index (χ0v) is 17.4. The Morgan fingerprint density at radius 2 is 1.75 bits per heavy atom. The second-order valence-corrected chi connectivity index (χ2v) is 7.46. The molecule has 2 rings (SSSR count). The number of anilines is 1. The lowest BCUT2D eigenvalue weighted by Crippen LogP contribution is -2.15. The number of carbonyl (C=O) groups excluding carboxylic acids is 3. The van der Waals surface area contributed by atoms with E-state index in [4.69, 9.17) is 9.47 Å². The molecule has 0 aliphatic carbocycles. The van der Waals surface area contributed by atoms with E-state index >= 15 is 0 Å². The van der Waals surface area contributed by atoms with Gasteiger partial charge in [0.25, 0.3) is 0 Å². The Kier molecular flexibility index (Phi) is 8.40. The second kappa shape index (κ2) is 10.8. The van der Waals surface area contributed by atoms with Gasteiger partial charge in [-0.1, -0.05) is 11.8 Å². The first kappa shape index (κ1) is 21.8. The van der Waals surface area contributed by atoms with Gasteiger partial charge in [-0.3, -0.25) is 4.79 Å². The molecule has 28 heavy (non-hydrogen) atoms. The average molecular weight is 424 g/mol. The molecule has 150 valence electrons. The van der Waals surface area contributed by atoms with E-state index in [-0.39, 0.29) is 41.0 Å². The number of esters is 2. The van der Waals surface area contributed by atoms with Gasteiger partial charge in [-0.15, -0.1) is 11.3 Å². The Labute approximate surface area is 171 Å². The van der Waals surface area contributed by atoms with Gasteiger partial charge in [0, 0.05) is 24.6 Å². The van der Waals surface area contributed by atoms with Crippen LogP contribution in [0.25, 0.3) is 0 Å². The summed E-state index contributed by atoms with van der Waals surface area (Å²) in [5, 5.41) is 3.58. The van der Waals surface area contributed by atoms with Gasteiger partial charge in [0.15, 0.2) is 5.16 Å². The fourth-order valence-corrected chi connectivity index (χ4v) is 4.07. The number of aromatic nitrogens is 2. The van der Waals surface area contributed by atoms with Crippen molar-refractivity contribution in [2.75, 3.05) is 24.3 Å². The van der Waals surface area contributed by atoms with Crippen LogP contribution in [0.15, 0.2) is 23.6 Å². The van der Waals surface area contributed by atoms with E-state index in [1.165, 1.54) is 11.8 Å². The molecule has 10 heteroatoms. The molecular weight excluding hydrogens is 402 g/mol. The number of hydrogen-bond donors (Lipinski definition) is 1. The Morgan fingerprint density at radius 3 is 2.39 bits per heavy atom. The summed E-state index contributed by atoms with van der Waals surface area (Å²) in [4.78, 5) is 45.2. The minimum absolute atomic E-state index is 0.183. The van der Waals surface area contributed by atoms with E-state index in [0.29, 0.717) is 16.5 Å². The molecular formula is C18H21N3O5S2. The number of rotatable bonds is 9. The molecule has 2 aromatic heterocycles. The van der Waals surface area contributed by atoms with Crippen molar-refractivity contribution in [3.05, 3.63) is 34.5 Å². The lowest BCUT2D eigenvalue weighted by atomic mass is 10.1. The number of thiophene rings is 1. The molecule has 1 N–H and O–H groups in total. The van der Waals surface area contributed by atoms with Crippen LogP contribution in [0, 0.1) is 6.92 Å². The van der Waals surface area contributed by atoms with Gasteiger partial charge < -0.3 is 14.8 Å². The number of amides is 1. The van der Waals surface area contributed by atoms with Crippen LogP contribution in [0.1, 0.15) is 45.9 Å². The molecule has 0 aromatic carbocycles.